The first kappa shape index (κ1) is 39.3. The Labute approximate surface area is 273 Å². The van der Waals surface area contributed by atoms with E-state index in [0.29, 0.717) is 10.8 Å². The van der Waals surface area contributed by atoms with Gasteiger partial charge in [-0.15, -0.1) is 0 Å². The van der Waals surface area contributed by atoms with Crippen molar-refractivity contribution in [1.29, 1.82) is 0 Å². The van der Waals surface area contributed by atoms with Gasteiger partial charge in [-0.25, -0.2) is 8.42 Å². The Morgan fingerprint density at radius 1 is 0.682 bits per heavy atom. The molecule has 4 nitrogen and oxygen atoms in total. The molecular weight excluding hydrogens is 564 g/mol. The fourth-order valence-corrected chi connectivity index (χ4v) is 8.47. The minimum atomic E-state index is -3.29. The molecule has 1 aliphatic rings. The molecule has 1 aliphatic heterocycles. The van der Waals surface area contributed by atoms with Gasteiger partial charge in [0.2, 0.25) is 0 Å². The summed E-state index contributed by atoms with van der Waals surface area (Å²) in [4.78, 5) is 0.499. The van der Waals surface area contributed by atoms with Crippen molar-refractivity contribution in [3.8, 4) is 0 Å². The van der Waals surface area contributed by atoms with Crippen LogP contribution in [0.25, 0.3) is 0 Å². The number of ether oxygens (including phenoxy) is 2. The van der Waals surface area contributed by atoms with Crippen LogP contribution in [0.4, 0.5) is 0 Å². The fraction of sp³-hybridized carbons (Fsp3) is 0.846. The predicted octanol–water partition coefficient (Wildman–Crippen LogP) is 12.0. The molecule has 0 bridgehead atoms. The lowest BCUT2D eigenvalue weighted by molar-refractivity contribution is -0.162. The first-order valence-corrected chi connectivity index (χ1v) is 20.6. The zero-order chi connectivity index (χ0) is 31.6. The SMILES string of the molecule is CCCCCCCCCCCCCC[C@H](C)CCC(CCCCCCCCCOC1CCCCO1)S(=O)(=O)c1ccccc1. The summed E-state index contributed by atoms with van der Waals surface area (Å²) in [5.74, 6) is 0.597. The molecule has 0 amide bonds. The van der Waals surface area contributed by atoms with Gasteiger partial charge < -0.3 is 9.47 Å². The topological polar surface area (TPSA) is 52.6 Å². The van der Waals surface area contributed by atoms with Crippen LogP contribution in [0.2, 0.25) is 0 Å². The summed E-state index contributed by atoms with van der Waals surface area (Å²) >= 11 is 0. The summed E-state index contributed by atoms with van der Waals surface area (Å²) < 4.78 is 38.6. The van der Waals surface area contributed by atoms with Crippen molar-refractivity contribution >= 4 is 9.84 Å². The molecule has 5 heteroatoms. The van der Waals surface area contributed by atoms with Crippen LogP contribution in [-0.2, 0) is 19.3 Å². The second-order valence-electron chi connectivity index (χ2n) is 13.8. The standard InChI is InChI=1S/C39H70O4S/c1-3-4-5-6-7-8-9-10-11-13-16-20-27-36(2)32-33-38(44(40,41)37-28-22-19-23-29-37)30-21-17-14-12-15-18-25-34-42-39-31-24-26-35-43-39/h19,22-23,28-29,36,38-39H,3-18,20-21,24-27,30-35H2,1-2H3/t36-,38?,39?/m0/s1. The summed E-state index contributed by atoms with van der Waals surface area (Å²) in [5, 5.41) is -0.256. The van der Waals surface area contributed by atoms with Gasteiger partial charge in [-0.1, -0.05) is 154 Å². The molecule has 1 saturated heterocycles. The van der Waals surface area contributed by atoms with Gasteiger partial charge in [0.1, 0.15) is 0 Å². The molecule has 0 aromatic heterocycles. The molecule has 256 valence electrons. The lowest BCUT2D eigenvalue weighted by Gasteiger charge is -2.22. The van der Waals surface area contributed by atoms with E-state index >= 15 is 0 Å². The van der Waals surface area contributed by atoms with E-state index in [1.54, 1.807) is 12.1 Å². The number of hydrogen-bond acceptors (Lipinski definition) is 4. The first-order chi connectivity index (χ1) is 21.5. The van der Waals surface area contributed by atoms with Crippen LogP contribution in [0, 0.1) is 5.92 Å². The molecule has 1 aromatic rings. The molecule has 0 saturated carbocycles. The maximum absolute atomic E-state index is 13.6. The van der Waals surface area contributed by atoms with E-state index < -0.39 is 9.84 Å². The molecule has 2 unspecified atom stereocenters. The van der Waals surface area contributed by atoms with Crippen molar-refractivity contribution in [2.24, 2.45) is 5.92 Å². The molecule has 0 aliphatic carbocycles. The number of hydrogen-bond donors (Lipinski definition) is 0. The van der Waals surface area contributed by atoms with Gasteiger partial charge in [0.15, 0.2) is 16.1 Å². The molecule has 1 heterocycles. The number of unbranched alkanes of at least 4 members (excludes halogenated alkanes) is 17. The molecule has 0 spiro atoms. The second kappa shape index (κ2) is 26.2. The number of benzene rings is 1. The lowest BCUT2D eigenvalue weighted by Crippen LogP contribution is -2.22. The van der Waals surface area contributed by atoms with Crippen LogP contribution >= 0.6 is 0 Å². The highest BCUT2D eigenvalue weighted by molar-refractivity contribution is 7.92. The third-order valence-electron chi connectivity index (χ3n) is 9.65. The van der Waals surface area contributed by atoms with E-state index in [1.807, 2.05) is 18.2 Å². The van der Waals surface area contributed by atoms with E-state index in [0.717, 1.165) is 64.6 Å². The van der Waals surface area contributed by atoms with Crippen molar-refractivity contribution in [3.05, 3.63) is 30.3 Å². The van der Waals surface area contributed by atoms with Crippen LogP contribution < -0.4 is 0 Å². The van der Waals surface area contributed by atoms with Gasteiger partial charge in [0.25, 0.3) is 0 Å². The third kappa shape index (κ3) is 18.9. The van der Waals surface area contributed by atoms with Crippen LogP contribution in [0.3, 0.4) is 0 Å². The number of rotatable bonds is 29. The predicted molar refractivity (Wildman–Crippen MR) is 188 cm³/mol. The second-order valence-corrected chi connectivity index (χ2v) is 16.0. The summed E-state index contributed by atoms with van der Waals surface area (Å²) in [6, 6.07) is 9.17. The molecule has 1 fully saturated rings. The van der Waals surface area contributed by atoms with E-state index in [2.05, 4.69) is 13.8 Å². The van der Waals surface area contributed by atoms with Crippen molar-refractivity contribution < 1.29 is 17.9 Å². The van der Waals surface area contributed by atoms with Gasteiger partial charge in [-0.05, 0) is 63.0 Å². The Hall–Kier alpha value is -0.910. The average Bonchev–Trinajstić information content (AvgIpc) is 3.04. The van der Waals surface area contributed by atoms with Crippen molar-refractivity contribution in [2.45, 2.75) is 197 Å². The number of sulfone groups is 1. The van der Waals surface area contributed by atoms with E-state index in [1.165, 1.54) is 116 Å². The van der Waals surface area contributed by atoms with E-state index in [9.17, 15) is 8.42 Å². The van der Waals surface area contributed by atoms with Gasteiger partial charge in [-0.3, -0.25) is 0 Å². The molecule has 44 heavy (non-hydrogen) atoms. The van der Waals surface area contributed by atoms with Crippen LogP contribution in [0.1, 0.15) is 181 Å². The van der Waals surface area contributed by atoms with Crippen LogP contribution in [0.15, 0.2) is 35.2 Å². The molecule has 3 atom stereocenters. The Morgan fingerprint density at radius 2 is 1.23 bits per heavy atom. The summed E-state index contributed by atoms with van der Waals surface area (Å²) in [5.41, 5.74) is 0. The highest BCUT2D eigenvalue weighted by atomic mass is 32.2. The fourth-order valence-electron chi connectivity index (χ4n) is 6.62. The van der Waals surface area contributed by atoms with Gasteiger partial charge in [-0.2, -0.15) is 0 Å². The highest BCUT2D eigenvalue weighted by Gasteiger charge is 2.27. The van der Waals surface area contributed by atoms with Crippen LogP contribution in [0.5, 0.6) is 0 Å². The third-order valence-corrected chi connectivity index (χ3v) is 11.9. The van der Waals surface area contributed by atoms with Crippen molar-refractivity contribution in [2.75, 3.05) is 13.2 Å². The largest absolute Gasteiger partial charge is 0.353 e. The highest BCUT2D eigenvalue weighted by Crippen LogP contribution is 2.27. The van der Waals surface area contributed by atoms with E-state index in [4.69, 9.17) is 9.47 Å². The minimum Gasteiger partial charge on any atom is -0.353 e. The maximum atomic E-state index is 13.6. The van der Waals surface area contributed by atoms with Crippen molar-refractivity contribution in [3.63, 3.8) is 0 Å². The zero-order valence-corrected chi connectivity index (χ0v) is 29.8. The molecule has 1 aromatic carbocycles. The Morgan fingerprint density at radius 3 is 1.80 bits per heavy atom. The summed E-state index contributed by atoms with van der Waals surface area (Å²) in [6.07, 6.45) is 32.0. The Balaban J connectivity index is 1.58. The summed E-state index contributed by atoms with van der Waals surface area (Å²) in [6.45, 7) is 6.27. The Bertz CT molecular complexity index is 865. The van der Waals surface area contributed by atoms with Gasteiger partial charge in [0, 0.05) is 13.2 Å². The zero-order valence-electron chi connectivity index (χ0n) is 29.0. The minimum absolute atomic E-state index is 0.0289. The van der Waals surface area contributed by atoms with E-state index in [-0.39, 0.29) is 11.5 Å². The lowest BCUT2D eigenvalue weighted by atomic mass is 9.95. The maximum Gasteiger partial charge on any atom is 0.181 e. The van der Waals surface area contributed by atoms with Gasteiger partial charge >= 0.3 is 0 Å². The summed E-state index contributed by atoms with van der Waals surface area (Å²) in [7, 11) is -3.29. The molecule has 0 N–H and O–H groups in total. The smallest absolute Gasteiger partial charge is 0.181 e. The quantitative estimate of drug-likeness (QED) is 0.0823. The Kier molecular flexibility index (Phi) is 23.4. The molecule has 0 radical (unpaired) electrons. The molecular formula is C39H70O4S. The van der Waals surface area contributed by atoms with Gasteiger partial charge in [0.05, 0.1) is 10.1 Å². The normalized spacial score (nSPS) is 17.1. The van der Waals surface area contributed by atoms with Crippen LogP contribution in [-0.4, -0.2) is 33.2 Å². The molecule has 2 rings (SSSR count). The average molecular weight is 635 g/mol. The van der Waals surface area contributed by atoms with Crippen molar-refractivity contribution in [1.82, 2.24) is 0 Å². The monoisotopic (exact) mass is 634 g/mol. The first-order valence-electron chi connectivity index (χ1n) is 19.1.